The zero-order chi connectivity index (χ0) is 15.3. The molecule has 0 aliphatic rings. The molecule has 0 saturated heterocycles. The van der Waals surface area contributed by atoms with Crippen LogP contribution in [0.15, 0.2) is 12.1 Å². The fourth-order valence-corrected chi connectivity index (χ4v) is 2.10. The van der Waals surface area contributed by atoms with E-state index in [2.05, 4.69) is 39.6 Å². The minimum absolute atomic E-state index is 0.0494. The van der Waals surface area contributed by atoms with E-state index in [1.807, 2.05) is 11.0 Å². The number of anilines is 1. The van der Waals surface area contributed by atoms with Gasteiger partial charge in [0.05, 0.1) is 0 Å². The van der Waals surface area contributed by atoms with Crippen LogP contribution in [0, 0.1) is 0 Å². The highest BCUT2D eigenvalue weighted by Crippen LogP contribution is 2.23. The molecule has 4 nitrogen and oxygen atoms in total. The first-order valence-electron chi connectivity index (χ1n) is 7.36. The van der Waals surface area contributed by atoms with Gasteiger partial charge in [-0.05, 0) is 25.0 Å². The quantitative estimate of drug-likeness (QED) is 0.899. The van der Waals surface area contributed by atoms with E-state index in [4.69, 9.17) is 5.73 Å². The van der Waals surface area contributed by atoms with E-state index < -0.39 is 0 Å². The normalized spacial score (nSPS) is 11.4. The van der Waals surface area contributed by atoms with Crippen molar-refractivity contribution in [2.45, 2.75) is 52.9 Å². The van der Waals surface area contributed by atoms with Gasteiger partial charge in [-0.15, -0.1) is 0 Å². The SMILES string of the molecule is CCCN(CCC)C(=O)c1cc(N)nc(C(C)(C)C)c1. The number of rotatable bonds is 5. The Bertz CT molecular complexity index is 457. The first-order valence-corrected chi connectivity index (χ1v) is 7.36. The van der Waals surface area contributed by atoms with Crippen molar-refractivity contribution >= 4 is 11.7 Å². The van der Waals surface area contributed by atoms with E-state index in [0.717, 1.165) is 31.6 Å². The fourth-order valence-electron chi connectivity index (χ4n) is 2.10. The van der Waals surface area contributed by atoms with Crippen LogP contribution in [0.1, 0.15) is 63.5 Å². The van der Waals surface area contributed by atoms with Gasteiger partial charge >= 0.3 is 0 Å². The number of pyridine rings is 1. The minimum Gasteiger partial charge on any atom is -0.384 e. The largest absolute Gasteiger partial charge is 0.384 e. The average molecular weight is 277 g/mol. The first-order chi connectivity index (χ1) is 9.29. The van der Waals surface area contributed by atoms with Crippen LogP contribution in [-0.4, -0.2) is 28.9 Å². The Kier molecular flexibility index (Phi) is 5.54. The van der Waals surface area contributed by atoms with E-state index in [9.17, 15) is 4.79 Å². The molecule has 4 heteroatoms. The van der Waals surface area contributed by atoms with Gasteiger partial charge in [0, 0.05) is 29.8 Å². The van der Waals surface area contributed by atoms with Crippen LogP contribution in [0.5, 0.6) is 0 Å². The van der Waals surface area contributed by atoms with Crippen molar-refractivity contribution < 1.29 is 4.79 Å². The van der Waals surface area contributed by atoms with Crippen molar-refractivity contribution in [3.63, 3.8) is 0 Å². The second-order valence-electron chi connectivity index (χ2n) is 6.21. The van der Waals surface area contributed by atoms with Gasteiger partial charge in [-0.25, -0.2) is 4.98 Å². The molecule has 0 aliphatic heterocycles. The molecule has 0 radical (unpaired) electrons. The van der Waals surface area contributed by atoms with E-state index in [0.29, 0.717) is 11.4 Å². The Morgan fingerprint density at radius 1 is 1.20 bits per heavy atom. The maximum absolute atomic E-state index is 12.6. The Hall–Kier alpha value is -1.58. The van der Waals surface area contributed by atoms with Crippen molar-refractivity contribution in [3.05, 3.63) is 23.4 Å². The van der Waals surface area contributed by atoms with E-state index in [1.165, 1.54) is 0 Å². The summed E-state index contributed by atoms with van der Waals surface area (Å²) in [5.74, 6) is 0.460. The number of hydrogen-bond donors (Lipinski definition) is 1. The molecule has 20 heavy (non-hydrogen) atoms. The lowest BCUT2D eigenvalue weighted by atomic mass is 9.90. The van der Waals surface area contributed by atoms with Crippen LogP contribution < -0.4 is 5.73 Å². The predicted octanol–water partition coefficient (Wildman–Crippen LogP) is 3.22. The van der Waals surface area contributed by atoms with E-state index in [1.54, 1.807) is 6.07 Å². The Morgan fingerprint density at radius 3 is 2.20 bits per heavy atom. The Balaban J connectivity index is 3.11. The highest BCUT2D eigenvalue weighted by molar-refractivity contribution is 5.95. The topological polar surface area (TPSA) is 59.2 Å². The lowest BCUT2D eigenvalue weighted by Gasteiger charge is -2.23. The highest BCUT2D eigenvalue weighted by Gasteiger charge is 2.21. The second kappa shape index (κ2) is 6.73. The molecular formula is C16H27N3O. The molecule has 0 fully saturated rings. The molecule has 1 aromatic heterocycles. The summed E-state index contributed by atoms with van der Waals surface area (Å²) >= 11 is 0. The molecule has 1 amide bonds. The number of nitrogens with two attached hydrogens (primary N) is 1. The first kappa shape index (κ1) is 16.5. The van der Waals surface area contributed by atoms with Gasteiger partial charge in [0.25, 0.3) is 5.91 Å². The summed E-state index contributed by atoms with van der Waals surface area (Å²) in [5, 5.41) is 0. The molecular weight excluding hydrogens is 250 g/mol. The van der Waals surface area contributed by atoms with Crippen LogP contribution in [0.25, 0.3) is 0 Å². The van der Waals surface area contributed by atoms with Gasteiger partial charge < -0.3 is 10.6 Å². The van der Waals surface area contributed by atoms with Crippen LogP contribution in [0.2, 0.25) is 0 Å². The molecule has 112 valence electrons. The molecule has 0 aliphatic carbocycles. The molecule has 0 spiro atoms. The van der Waals surface area contributed by atoms with Gasteiger partial charge in [-0.1, -0.05) is 34.6 Å². The third-order valence-electron chi connectivity index (χ3n) is 3.13. The minimum atomic E-state index is -0.120. The highest BCUT2D eigenvalue weighted by atomic mass is 16.2. The van der Waals surface area contributed by atoms with E-state index in [-0.39, 0.29) is 11.3 Å². The molecule has 1 rings (SSSR count). The third kappa shape index (κ3) is 4.22. The van der Waals surface area contributed by atoms with Crippen LogP contribution in [0.4, 0.5) is 5.82 Å². The number of nitrogens with zero attached hydrogens (tertiary/aromatic N) is 2. The average Bonchev–Trinajstić information content (AvgIpc) is 2.36. The summed E-state index contributed by atoms with van der Waals surface area (Å²) in [4.78, 5) is 18.8. The number of nitrogen functional groups attached to an aromatic ring is 1. The zero-order valence-corrected chi connectivity index (χ0v) is 13.4. The van der Waals surface area contributed by atoms with E-state index >= 15 is 0 Å². The maximum atomic E-state index is 12.6. The lowest BCUT2D eigenvalue weighted by molar-refractivity contribution is 0.0755. The standard InChI is InChI=1S/C16H27N3O/c1-6-8-19(9-7-2)15(20)12-10-13(16(3,4)5)18-14(17)11-12/h10-11H,6-9H2,1-5H3,(H2,17,18). The zero-order valence-electron chi connectivity index (χ0n) is 13.4. The van der Waals surface area contributed by atoms with Crippen LogP contribution >= 0.6 is 0 Å². The predicted molar refractivity (Wildman–Crippen MR) is 83.8 cm³/mol. The molecule has 0 atom stereocenters. The van der Waals surface area contributed by atoms with Gasteiger partial charge in [0.2, 0.25) is 0 Å². The molecule has 0 unspecified atom stereocenters. The van der Waals surface area contributed by atoms with Crippen molar-refractivity contribution in [3.8, 4) is 0 Å². The Labute approximate surface area is 122 Å². The number of carbonyl (C=O) groups excluding carboxylic acids is 1. The van der Waals surface area contributed by atoms with Crippen LogP contribution in [-0.2, 0) is 5.41 Å². The van der Waals surface area contributed by atoms with Gasteiger partial charge in [0.1, 0.15) is 5.82 Å². The van der Waals surface area contributed by atoms with Crippen molar-refractivity contribution in [2.75, 3.05) is 18.8 Å². The number of hydrogen-bond acceptors (Lipinski definition) is 3. The molecule has 2 N–H and O–H groups in total. The van der Waals surface area contributed by atoms with Crippen molar-refractivity contribution in [2.24, 2.45) is 0 Å². The van der Waals surface area contributed by atoms with Gasteiger partial charge in [-0.2, -0.15) is 0 Å². The summed E-state index contributed by atoms with van der Waals surface area (Å²) in [7, 11) is 0. The number of carbonyl (C=O) groups is 1. The maximum Gasteiger partial charge on any atom is 0.254 e. The molecule has 0 aromatic carbocycles. The summed E-state index contributed by atoms with van der Waals surface area (Å²) in [6.07, 6.45) is 1.91. The van der Waals surface area contributed by atoms with Crippen molar-refractivity contribution in [1.82, 2.24) is 9.88 Å². The summed E-state index contributed by atoms with van der Waals surface area (Å²) < 4.78 is 0. The number of amides is 1. The number of aromatic nitrogens is 1. The second-order valence-corrected chi connectivity index (χ2v) is 6.21. The lowest BCUT2D eigenvalue weighted by Crippen LogP contribution is -2.33. The monoisotopic (exact) mass is 277 g/mol. The Morgan fingerprint density at radius 2 is 1.75 bits per heavy atom. The summed E-state index contributed by atoms with van der Waals surface area (Å²) in [6.45, 7) is 11.9. The smallest absolute Gasteiger partial charge is 0.254 e. The van der Waals surface area contributed by atoms with Crippen molar-refractivity contribution in [1.29, 1.82) is 0 Å². The summed E-state index contributed by atoms with van der Waals surface area (Å²) in [6, 6.07) is 3.55. The van der Waals surface area contributed by atoms with Crippen LogP contribution in [0.3, 0.4) is 0 Å². The molecule has 0 bridgehead atoms. The fraction of sp³-hybridized carbons (Fsp3) is 0.625. The molecule has 1 heterocycles. The third-order valence-corrected chi connectivity index (χ3v) is 3.13. The molecule has 1 aromatic rings. The molecule has 0 saturated carbocycles. The summed E-state index contributed by atoms with van der Waals surface area (Å²) in [5.41, 5.74) is 7.24. The van der Waals surface area contributed by atoms with Gasteiger partial charge in [0.15, 0.2) is 0 Å². The van der Waals surface area contributed by atoms with Gasteiger partial charge in [-0.3, -0.25) is 4.79 Å².